The Morgan fingerprint density at radius 2 is 2.36 bits per heavy atom. The van der Waals surface area contributed by atoms with Crippen molar-refractivity contribution in [1.82, 2.24) is 4.90 Å². The first-order chi connectivity index (χ1) is 6.77. The number of piperidine rings is 1. The fourth-order valence-electron chi connectivity index (χ4n) is 2.39. The second-order valence-corrected chi connectivity index (χ2v) is 4.47. The van der Waals surface area contributed by atoms with E-state index in [0.717, 1.165) is 32.0 Å². The summed E-state index contributed by atoms with van der Waals surface area (Å²) >= 11 is 0. The predicted molar refractivity (Wildman–Crippen MR) is 56.7 cm³/mol. The maximum Gasteiger partial charge on any atom is 0.0957 e. The van der Waals surface area contributed by atoms with Crippen LogP contribution in [-0.2, 0) is 4.74 Å². The maximum absolute atomic E-state index is 7.86. The lowest BCUT2D eigenvalue weighted by Crippen LogP contribution is -2.39. The SMILES string of the molecule is CC1OCCC1CN1CCCCC1=N. The summed E-state index contributed by atoms with van der Waals surface area (Å²) in [5, 5.41) is 7.86. The van der Waals surface area contributed by atoms with Gasteiger partial charge in [0.2, 0.25) is 0 Å². The van der Waals surface area contributed by atoms with Crippen LogP contribution in [0, 0.1) is 11.3 Å². The van der Waals surface area contributed by atoms with Crippen molar-refractivity contribution in [3.63, 3.8) is 0 Å². The van der Waals surface area contributed by atoms with Crippen LogP contribution in [0.3, 0.4) is 0 Å². The Labute approximate surface area is 85.9 Å². The summed E-state index contributed by atoms with van der Waals surface area (Å²) in [6, 6.07) is 0. The molecular weight excluding hydrogens is 176 g/mol. The van der Waals surface area contributed by atoms with Gasteiger partial charge in [-0.05, 0) is 26.2 Å². The normalized spacial score (nSPS) is 33.8. The smallest absolute Gasteiger partial charge is 0.0957 e. The molecule has 2 rings (SSSR count). The topological polar surface area (TPSA) is 36.3 Å². The lowest BCUT2D eigenvalue weighted by atomic mass is 10.00. The van der Waals surface area contributed by atoms with Gasteiger partial charge < -0.3 is 9.64 Å². The zero-order valence-corrected chi connectivity index (χ0v) is 8.96. The molecular formula is C11H20N2O. The van der Waals surface area contributed by atoms with Gasteiger partial charge in [-0.2, -0.15) is 0 Å². The molecule has 0 spiro atoms. The molecule has 0 aromatic rings. The van der Waals surface area contributed by atoms with Crippen molar-refractivity contribution in [3.8, 4) is 0 Å². The molecule has 0 radical (unpaired) electrons. The van der Waals surface area contributed by atoms with Crippen molar-refractivity contribution in [1.29, 1.82) is 5.41 Å². The summed E-state index contributed by atoms with van der Waals surface area (Å²) in [6.45, 7) is 5.19. The molecule has 2 fully saturated rings. The molecule has 0 bridgehead atoms. The highest BCUT2D eigenvalue weighted by molar-refractivity contribution is 5.79. The number of nitrogens with one attached hydrogen (secondary N) is 1. The Bertz CT molecular complexity index is 217. The Kier molecular flexibility index (Phi) is 3.06. The number of rotatable bonds is 2. The van der Waals surface area contributed by atoms with Crippen molar-refractivity contribution in [2.24, 2.45) is 5.92 Å². The number of hydrogen-bond acceptors (Lipinski definition) is 2. The van der Waals surface area contributed by atoms with Crippen LogP contribution in [0.1, 0.15) is 32.6 Å². The molecule has 0 aromatic heterocycles. The van der Waals surface area contributed by atoms with Crippen molar-refractivity contribution in [3.05, 3.63) is 0 Å². The Hall–Kier alpha value is -0.570. The van der Waals surface area contributed by atoms with E-state index in [1.165, 1.54) is 19.3 Å². The average molecular weight is 196 g/mol. The quantitative estimate of drug-likeness (QED) is 0.732. The van der Waals surface area contributed by atoms with E-state index in [-0.39, 0.29) is 0 Å². The van der Waals surface area contributed by atoms with Crippen LogP contribution in [0.15, 0.2) is 0 Å². The first-order valence-corrected chi connectivity index (χ1v) is 5.71. The van der Waals surface area contributed by atoms with Crippen LogP contribution < -0.4 is 0 Å². The molecule has 3 nitrogen and oxygen atoms in total. The van der Waals surface area contributed by atoms with Gasteiger partial charge in [0, 0.05) is 32.0 Å². The first-order valence-electron chi connectivity index (χ1n) is 5.71. The number of hydrogen-bond donors (Lipinski definition) is 1. The fourth-order valence-corrected chi connectivity index (χ4v) is 2.39. The molecule has 2 aliphatic heterocycles. The highest BCUT2D eigenvalue weighted by Crippen LogP contribution is 2.23. The summed E-state index contributed by atoms with van der Waals surface area (Å²) in [5.41, 5.74) is 0. The molecule has 3 heteroatoms. The lowest BCUT2D eigenvalue weighted by Gasteiger charge is -2.32. The summed E-state index contributed by atoms with van der Waals surface area (Å²) in [5.74, 6) is 1.49. The van der Waals surface area contributed by atoms with Crippen molar-refractivity contribution in [2.75, 3.05) is 19.7 Å². The molecule has 0 saturated carbocycles. The van der Waals surface area contributed by atoms with Crippen LogP contribution >= 0.6 is 0 Å². The minimum Gasteiger partial charge on any atom is -0.378 e. The van der Waals surface area contributed by atoms with Gasteiger partial charge in [-0.1, -0.05) is 0 Å². The maximum atomic E-state index is 7.86. The number of ether oxygens (including phenoxy) is 1. The molecule has 14 heavy (non-hydrogen) atoms. The highest BCUT2D eigenvalue weighted by atomic mass is 16.5. The van der Waals surface area contributed by atoms with Crippen molar-refractivity contribution in [2.45, 2.75) is 38.7 Å². The standard InChI is InChI=1S/C11H20N2O/c1-9-10(5-7-14-9)8-13-6-3-2-4-11(13)12/h9-10,12H,2-8H2,1H3. The molecule has 2 aliphatic rings. The van der Waals surface area contributed by atoms with Crippen LogP contribution in [0.2, 0.25) is 0 Å². The lowest BCUT2D eigenvalue weighted by molar-refractivity contribution is 0.0988. The van der Waals surface area contributed by atoms with Gasteiger partial charge in [-0.15, -0.1) is 0 Å². The predicted octanol–water partition coefficient (Wildman–Crippen LogP) is 1.87. The van der Waals surface area contributed by atoms with Crippen molar-refractivity contribution < 1.29 is 4.74 Å². The third kappa shape index (κ3) is 2.08. The minimum atomic E-state index is 0.393. The molecule has 0 aromatic carbocycles. The highest BCUT2D eigenvalue weighted by Gasteiger charge is 2.27. The van der Waals surface area contributed by atoms with E-state index < -0.39 is 0 Å². The monoisotopic (exact) mass is 196 g/mol. The van der Waals surface area contributed by atoms with E-state index in [0.29, 0.717) is 12.0 Å². The van der Waals surface area contributed by atoms with Gasteiger partial charge in [0.05, 0.1) is 11.9 Å². The van der Waals surface area contributed by atoms with Gasteiger partial charge in [0.15, 0.2) is 0 Å². The van der Waals surface area contributed by atoms with Crippen LogP contribution in [0.5, 0.6) is 0 Å². The molecule has 80 valence electrons. The number of amidine groups is 1. The largest absolute Gasteiger partial charge is 0.378 e. The molecule has 2 atom stereocenters. The Morgan fingerprint density at radius 1 is 1.50 bits per heavy atom. The third-order valence-electron chi connectivity index (χ3n) is 3.46. The van der Waals surface area contributed by atoms with Gasteiger partial charge >= 0.3 is 0 Å². The van der Waals surface area contributed by atoms with Crippen LogP contribution in [0.25, 0.3) is 0 Å². The summed E-state index contributed by atoms with van der Waals surface area (Å²) < 4.78 is 5.55. The summed E-state index contributed by atoms with van der Waals surface area (Å²) in [4.78, 5) is 2.25. The first kappa shape index (κ1) is 9.97. The molecule has 0 aliphatic carbocycles. The van der Waals surface area contributed by atoms with E-state index in [1.54, 1.807) is 0 Å². The fraction of sp³-hybridized carbons (Fsp3) is 0.909. The van der Waals surface area contributed by atoms with Crippen molar-refractivity contribution >= 4 is 5.84 Å². The zero-order valence-electron chi connectivity index (χ0n) is 8.96. The van der Waals surface area contributed by atoms with Gasteiger partial charge in [-0.25, -0.2) is 0 Å². The summed E-state index contributed by atoms with van der Waals surface area (Å²) in [6.07, 6.45) is 4.99. The van der Waals surface area contributed by atoms with Gasteiger partial charge in [0.1, 0.15) is 0 Å². The average Bonchev–Trinajstić information content (AvgIpc) is 2.56. The van der Waals surface area contributed by atoms with Crippen LogP contribution in [-0.4, -0.2) is 36.5 Å². The Morgan fingerprint density at radius 3 is 3.00 bits per heavy atom. The molecule has 2 unspecified atom stereocenters. The van der Waals surface area contributed by atoms with E-state index in [2.05, 4.69) is 11.8 Å². The van der Waals surface area contributed by atoms with E-state index >= 15 is 0 Å². The second-order valence-electron chi connectivity index (χ2n) is 4.47. The van der Waals surface area contributed by atoms with E-state index in [1.807, 2.05) is 0 Å². The second kappa shape index (κ2) is 4.30. The molecule has 1 N–H and O–H groups in total. The minimum absolute atomic E-state index is 0.393. The molecule has 2 heterocycles. The zero-order chi connectivity index (χ0) is 9.97. The third-order valence-corrected chi connectivity index (χ3v) is 3.46. The summed E-state index contributed by atoms with van der Waals surface area (Å²) in [7, 11) is 0. The molecule has 2 saturated heterocycles. The number of nitrogens with zero attached hydrogens (tertiary/aromatic N) is 1. The van der Waals surface area contributed by atoms with Gasteiger partial charge in [-0.3, -0.25) is 5.41 Å². The van der Waals surface area contributed by atoms with Crippen LogP contribution in [0.4, 0.5) is 0 Å². The molecule has 0 amide bonds. The van der Waals surface area contributed by atoms with Gasteiger partial charge in [0.25, 0.3) is 0 Å². The van der Waals surface area contributed by atoms with E-state index in [9.17, 15) is 0 Å². The van der Waals surface area contributed by atoms with E-state index in [4.69, 9.17) is 10.1 Å². The number of likely N-dealkylation sites (tertiary alicyclic amines) is 1. The Balaban J connectivity index is 1.86.